The van der Waals surface area contributed by atoms with Crippen molar-refractivity contribution in [3.63, 3.8) is 0 Å². The van der Waals surface area contributed by atoms with Gasteiger partial charge in [-0.05, 0) is 39.0 Å². The Morgan fingerprint density at radius 3 is 2.90 bits per heavy atom. The van der Waals surface area contributed by atoms with Crippen LogP contribution in [0, 0.1) is 0 Å². The number of fused-ring (bicyclic) bond motifs is 2. The molecule has 0 radical (unpaired) electrons. The molecule has 1 amide bonds. The first-order chi connectivity index (χ1) is 14.2. The first-order valence-electron chi connectivity index (χ1n) is 9.30. The zero-order valence-electron chi connectivity index (χ0n) is 16.9. The van der Waals surface area contributed by atoms with Crippen molar-refractivity contribution >= 4 is 39.8 Å². The summed E-state index contributed by atoms with van der Waals surface area (Å²) in [6.45, 7) is 4.99. The number of halogens is 1. The predicted molar refractivity (Wildman–Crippen MR) is 114 cm³/mol. The summed E-state index contributed by atoms with van der Waals surface area (Å²) in [5.74, 6) is 0.224. The van der Waals surface area contributed by atoms with E-state index in [1.807, 2.05) is 19.2 Å². The lowest BCUT2D eigenvalue weighted by Gasteiger charge is -2.28. The first-order valence-corrected chi connectivity index (χ1v) is 9.68. The van der Waals surface area contributed by atoms with Crippen molar-refractivity contribution in [3.8, 4) is 17.1 Å². The van der Waals surface area contributed by atoms with Crippen LogP contribution in [0.25, 0.3) is 33.5 Å². The highest BCUT2D eigenvalue weighted by Gasteiger charge is 2.27. The van der Waals surface area contributed by atoms with Gasteiger partial charge in [0.2, 0.25) is 0 Å². The van der Waals surface area contributed by atoms with Gasteiger partial charge < -0.3 is 20.1 Å². The van der Waals surface area contributed by atoms with Gasteiger partial charge in [-0.2, -0.15) is 5.10 Å². The predicted octanol–water partition coefficient (Wildman–Crippen LogP) is 3.41. The average Bonchev–Trinajstić information content (AvgIpc) is 3.22. The van der Waals surface area contributed by atoms with Gasteiger partial charge in [0.05, 0.1) is 23.4 Å². The lowest BCUT2D eigenvalue weighted by atomic mass is 9.99. The number of aliphatic hydroxyl groups is 1. The fourth-order valence-corrected chi connectivity index (χ4v) is 3.14. The van der Waals surface area contributed by atoms with Crippen molar-refractivity contribution in [2.24, 2.45) is 7.05 Å². The average molecular weight is 429 g/mol. The van der Waals surface area contributed by atoms with Crippen molar-refractivity contribution in [2.45, 2.75) is 32.4 Å². The Kier molecular flexibility index (Phi) is 4.87. The summed E-state index contributed by atoms with van der Waals surface area (Å²) in [7, 11) is 1.83. The Bertz CT molecular complexity index is 1260. The number of nitrogens with zero attached hydrogens (tertiary/aromatic N) is 4. The van der Waals surface area contributed by atoms with E-state index in [-0.39, 0.29) is 5.75 Å². The topological polar surface area (TPSA) is 118 Å². The highest BCUT2D eigenvalue weighted by molar-refractivity contribution is 6.31. The molecule has 156 valence electrons. The largest absolute Gasteiger partial charge is 0.413 e. The molecule has 0 saturated heterocycles. The number of benzene rings is 1. The SMILES string of the molecule is CC(O)C(C)(C)NC(=O)Oc1c[nH]c2ncc(-c3nn(C)c4cc(Cl)ccc34)nc12. The third kappa shape index (κ3) is 3.57. The summed E-state index contributed by atoms with van der Waals surface area (Å²) in [6.07, 6.45) is 1.66. The van der Waals surface area contributed by atoms with E-state index in [9.17, 15) is 9.90 Å². The minimum atomic E-state index is -0.853. The highest BCUT2D eigenvalue weighted by atomic mass is 35.5. The maximum Gasteiger partial charge on any atom is 0.413 e. The number of aryl methyl sites for hydroxylation is 1. The number of rotatable bonds is 4. The Morgan fingerprint density at radius 2 is 2.17 bits per heavy atom. The standard InChI is InChI=1S/C20H21ClN6O3/c1-10(28)20(2,3)25-19(29)30-15-9-23-18-17(15)24-13(8-22-18)16-12-6-5-11(21)7-14(12)27(4)26-16/h5-10,28H,1-4H3,(H,22,23)(H,25,29). The zero-order chi connectivity index (χ0) is 21.6. The number of aromatic amines is 1. The molecule has 3 aromatic heterocycles. The molecule has 0 aliphatic rings. The minimum absolute atomic E-state index is 0.224. The van der Waals surface area contributed by atoms with Crippen molar-refractivity contribution < 1.29 is 14.6 Å². The van der Waals surface area contributed by atoms with E-state index < -0.39 is 17.7 Å². The van der Waals surface area contributed by atoms with Gasteiger partial charge in [-0.25, -0.2) is 14.8 Å². The van der Waals surface area contributed by atoms with E-state index in [4.69, 9.17) is 16.3 Å². The van der Waals surface area contributed by atoms with Gasteiger partial charge in [0.25, 0.3) is 0 Å². The van der Waals surface area contributed by atoms with Crippen LogP contribution < -0.4 is 10.1 Å². The van der Waals surface area contributed by atoms with E-state index in [2.05, 4.69) is 25.4 Å². The van der Waals surface area contributed by atoms with Crippen LogP contribution in [-0.4, -0.2) is 47.6 Å². The first kappa shape index (κ1) is 20.1. The molecule has 4 aromatic rings. The van der Waals surface area contributed by atoms with Crippen LogP contribution in [0.4, 0.5) is 4.79 Å². The molecule has 1 unspecified atom stereocenters. The van der Waals surface area contributed by atoms with Gasteiger partial charge in [0.1, 0.15) is 11.4 Å². The van der Waals surface area contributed by atoms with E-state index in [0.29, 0.717) is 27.6 Å². The van der Waals surface area contributed by atoms with Crippen LogP contribution in [0.15, 0.2) is 30.6 Å². The summed E-state index contributed by atoms with van der Waals surface area (Å²) in [5.41, 5.74) is 2.05. The molecular formula is C20H21ClN6O3. The summed E-state index contributed by atoms with van der Waals surface area (Å²) >= 11 is 6.10. The molecule has 4 rings (SSSR count). The van der Waals surface area contributed by atoms with Gasteiger partial charge in [0, 0.05) is 23.7 Å². The third-order valence-corrected chi connectivity index (χ3v) is 5.31. The minimum Gasteiger partial charge on any atom is -0.406 e. The van der Waals surface area contributed by atoms with Gasteiger partial charge in [-0.15, -0.1) is 0 Å². The molecule has 30 heavy (non-hydrogen) atoms. The molecule has 9 nitrogen and oxygen atoms in total. The number of aromatic nitrogens is 5. The molecule has 3 N–H and O–H groups in total. The monoisotopic (exact) mass is 428 g/mol. The third-order valence-electron chi connectivity index (χ3n) is 5.07. The van der Waals surface area contributed by atoms with E-state index in [1.165, 1.54) is 6.20 Å². The summed E-state index contributed by atoms with van der Waals surface area (Å²) in [4.78, 5) is 24.2. The van der Waals surface area contributed by atoms with Gasteiger partial charge in [0.15, 0.2) is 16.9 Å². The van der Waals surface area contributed by atoms with Crippen LogP contribution in [0.5, 0.6) is 5.75 Å². The highest BCUT2D eigenvalue weighted by Crippen LogP contribution is 2.30. The number of ether oxygens (including phenoxy) is 1. The van der Waals surface area contributed by atoms with Crippen molar-refractivity contribution in [3.05, 3.63) is 35.6 Å². The van der Waals surface area contributed by atoms with Crippen LogP contribution in [0.3, 0.4) is 0 Å². The van der Waals surface area contributed by atoms with Crippen LogP contribution in [0.1, 0.15) is 20.8 Å². The molecule has 10 heteroatoms. The van der Waals surface area contributed by atoms with Crippen LogP contribution >= 0.6 is 11.6 Å². The van der Waals surface area contributed by atoms with Crippen LogP contribution in [0.2, 0.25) is 5.02 Å². The molecule has 0 saturated carbocycles. The normalized spacial score (nSPS) is 13.0. The number of amides is 1. The molecule has 3 heterocycles. The number of hydrogen-bond donors (Lipinski definition) is 3. The lowest BCUT2D eigenvalue weighted by Crippen LogP contribution is -2.51. The van der Waals surface area contributed by atoms with Gasteiger partial charge >= 0.3 is 6.09 Å². The number of aliphatic hydroxyl groups excluding tert-OH is 1. The van der Waals surface area contributed by atoms with Crippen molar-refractivity contribution in [1.29, 1.82) is 0 Å². The molecular weight excluding hydrogens is 408 g/mol. The molecule has 1 atom stereocenters. The number of H-pyrrole nitrogens is 1. The number of nitrogens with one attached hydrogen (secondary N) is 2. The summed E-state index contributed by atoms with van der Waals surface area (Å²) in [5, 5.41) is 18.5. The Morgan fingerprint density at radius 1 is 1.40 bits per heavy atom. The molecule has 0 bridgehead atoms. The Labute approximate surface area is 177 Å². The Hall–Kier alpha value is -3.17. The Balaban J connectivity index is 1.70. The maximum absolute atomic E-state index is 12.3. The second-order valence-corrected chi connectivity index (χ2v) is 8.09. The lowest BCUT2D eigenvalue weighted by molar-refractivity contribution is 0.0939. The second-order valence-electron chi connectivity index (χ2n) is 7.65. The fraction of sp³-hybridized carbons (Fsp3) is 0.300. The second kappa shape index (κ2) is 7.26. The smallest absolute Gasteiger partial charge is 0.406 e. The summed E-state index contributed by atoms with van der Waals surface area (Å²) in [6, 6.07) is 5.50. The molecule has 0 aliphatic carbocycles. The van der Waals surface area contributed by atoms with Crippen molar-refractivity contribution in [2.75, 3.05) is 0 Å². The van der Waals surface area contributed by atoms with Gasteiger partial charge in [-0.3, -0.25) is 4.68 Å². The quantitative estimate of drug-likeness (QED) is 0.458. The van der Waals surface area contributed by atoms with Crippen molar-refractivity contribution in [1.82, 2.24) is 30.0 Å². The molecule has 0 spiro atoms. The van der Waals surface area contributed by atoms with Crippen LogP contribution in [-0.2, 0) is 7.05 Å². The summed E-state index contributed by atoms with van der Waals surface area (Å²) < 4.78 is 7.14. The number of carbonyl (C=O) groups is 1. The van der Waals surface area contributed by atoms with E-state index in [0.717, 1.165) is 10.9 Å². The maximum atomic E-state index is 12.3. The number of hydrogen-bond acceptors (Lipinski definition) is 6. The number of carbonyl (C=O) groups excluding carboxylic acids is 1. The molecule has 0 aliphatic heterocycles. The molecule has 1 aromatic carbocycles. The van der Waals surface area contributed by atoms with Gasteiger partial charge in [-0.1, -0.05) is 11.6 Å². The van der Waals surface area contributed by atoms with E-state index in [1.54, 1.807) is 37.7 Å². The zero-order valence-corrected chi connectivity index (χ0v) is 17.7. The molecule has 0 fully saturated rings. The van der Waals surface area contributed by atoms with E-state index >= 15 is 0 Å². The fourth-order valence-electron chi connectivity index (χ4n) is 2.97.